The highest BCUT2D eigenvalue weighted by molar-refractivity contribution is 5.91. The molecule has 3 heterocycles. The van der Waals surface area contributed by atoms with Gasteiger partial charge in [0.25, 0.3) is 5.91 Å². The number of amides is 1. The zero-order chi connectivity index (χ0) is 17.8. The third kappa shape index (κ3) is 3.61. The van der Waals surface area contributed by atoms with Gasteiger partial charge in [-0.2, -0.15) is 0 Å². The molecule has 0 spiro atoms. The SMILES string of the molecule is O=C(N[C@H](Cc1ccccc1)c1nnc(N2CCCC2)o1)c1ccco1. The largest absolute Gasteiger partial charge is 0.459 e. The first kappa shape index (κ1) is 16.4. The molecule has 7 nitrogen and oxygen atoms in total. The Labute approximate surface area is 151 Å². The molecular formula is C19H20N4O3. The number of hydrogen-bond acceptors (Lipinski definition) is 6. The molecule has 0 saturated carbocycles. The minimum absolute atomic E-state index is 0.252. The maximum Gasteiger partial charge on any atom is 0.318 e. The van der Waals surface area contributed by atoms with Gasteiger partial charge in [0, 0.05) is 19.5 Å². The standard InChI is InChI=1S/C19H20N4O3/c24-17(16-9-6-12-25-16)20-15(13-14-7-2-1-3-8-14)18-21-22-19(26-18)23-10-4-5-11-23/h1-3,6-9,12,15H,4-5,10-11,13H2,(H,20,24)/t15-/m1/s1. The van der Waals surface area contributed by atoms with Crippen molar-refractivity contribution in [2.75, 3.05) is 18.0 Å². The van der Waals surface area contributed by atoms with Crippen LogP contribution in [0, 0.1) is 0 Å². The minimum atomic E-state index is -0.432. The van der Waals surface area contributed by atoms with Crippen LogP contribution in [0.1, 0.15) is 40.9 Å². The number of nitrogens with zero attached hydrogens (tertiary/aromatic N) is 3. The van der Waals surface area contributed by atoms with Gasteiger partial charge < -0.3 is 19.1 Å². The first-order chi connectivity index (χ1) is 12.8. The molecule has 1 N–H and O–H groups in total. The van der Waals surface area contributed by atoms with Crippen molar-refractivity contribution >= 4 is 11.9 Å². The number of anilines is 1. The van der Waals surface area contributed by atoms with Crippen LogP contribution in [0.15, 0.2) is 57.6 Å². The minimum Gasteiger partial charge on any atom is -0.459 e. The molecule has 0 bridgehead atoms. The second kappa shape index (κ2) is 7.43. The Hall–Kier alpha value is -3.09. The lowest BCUT2D eigenvalue weighted by Gasteiger charge is -2.15. The fourth-order valence-corrected chi connectivity index (χ4v) is 3.09. The van der Waals surface area contributed by atoms with E-state index in [9.17, 15) is 4.79 Å². The molecule has 0 radical (unpaired) electrons. The van der Waals surface area contributed by atoms with Gasteiger partial charge in [-0.15, -0.1) is 5.10 Å². The van der Waals surface area contributed by atoms with E-state index in [-0.39, 0.29) is 11.7 Å². The topological polar surface area (TPSA) is 84.4 Å². The highest BCUT2D eigenvalue weighted by atomic mass is 16.4. The molecule has 7 heteroatoms. The van der Waals surface area contributed by atoms with E-state index in [0.717, 1.165) is 31.5 Å². The average Bonchev–Trinajstić information content (AvgIpc) is 3.44. The summed E-state index contributed by atoms with van der Waals surface area (Å²) < 4.78 is 11.1. The molecule has 4 rings (SSSR count). The molecule has 1 fully saturated rings. The molecule has 1 atom stereocenters. The second-order valence-corrected chi connectivity index (χ2v) is 6.31. The van der Waals surface area contributed by atoms with E-state index in [4.69, 9.17) is 8.83 Å². The van der Waals surface area contributed by atoms with Crippen molar-refractivity contribution in [3.05, 3.63) is 65.9 Å². The number of rotatable bonds is 6. The first-order valence-corrected chi connectivity index (χ1v) is 8.76. The van der Waals surface area contributed by atoms with Crippen LogP contribution in [-0.4, -0.2) is 29.2 Å². The molecule has 1 saturated heterocycles. The van der Waals surface area contributed by atoms with E-state index in [0.29, 0.717) is 18.3 Å². The van der Waals surface area contributed by atoms with Gasteiger partial charge in [-0.1, -0.05) is 35.4 Å². The van der Waals surface area contributed by atoms with Gasteiger partial charge in [0.05, 0.1) is 6.26 Å². The summed E-state index contributed by atoms with van der Waals surface area (Å²) >= 11 is 0. The van der Waals surface area contributed by atoms with Crippen molar-refractivity contribution in [3.63, 3.8) is 0 Å². The van der Waals surface area contributed by atoms with E-state index in [1.807, 2.05) is 30.3 Å². The van der Waals surface area contributed by atoms with Crippen LogP contribution in [0.5, 0.6) is 0 Å². The molecule has 1 aromatic carbocycles. The predicted molar refractivity (Wildman–Crippen MR) is 94.8 cm³/mol. The number of aromatic nitrogens is 2. The van der Waals surface area contributed by atoms with E-state index < -0.39 is 6.04 Å². The zero-order valence-electron chi connectivity index (χ0n) is 14.3. The van der Waals surface area contributed by atoms with Gasteiger partial charge in [-0.05, 0) is 30.5 Å². The molecule has 0 unspecified atom stereocenters. The Morgan fingerprint density at radius 2 is 1.92 bits per heavy atom. The summed E-state index contributed by atoms with van der Waals surface area (Å²) in [5, 5.41) is 11.3. The number of benzene rings is 1. The Kier molecular flexibility index (Phi) is 4.68. The number of carbonyl (C=O) groups is 1. The van der Waals surface area contributed by atoms with Crippen molar-refractivity contribution in [1.29, 1.82) is 0 Å². The summed E-state index contributed by atoms with van der Waals surface area (Å²) in [5.74, 6) is 0.342. The van der Waals surface area contributed by atoms with Gasteiger partial charge in [0.15, 0.2) is 5.76 Å². The summed E-state index contributed by atoms with van der Waals surface area (Å²) in [5.41, 5.74) is 1.07. The quantitative estimate of drug-likeness (QED) is 0.734. The van der Waals surface area contributed by atoms with E-state index >= 15 is 0 Å². The van der Waals surface area contributed by atoms with Crippen LogP contribution in [-0.2, 0) is 6.42 Å². The maximum atomic E-state index is 12.4. The van der Waals surface area contributed by atoms with Gasteiger partial charge in [0.1, 0.15) is 6.04 Å². The van der Waals surface area contributed by atoms with Crippen molar-refractivity contribution in [2.45, 2.75) is 25.3 Å². The fraction of sp³-hybridized carbons (Fsp3) is 0.316. The number of nitrogens with one attached hydrogen (secondary N) is 1. The lowest BCUT2D eigenvalue weighted by atomic mass is 10.1. The molecule has 1 amide bonds. The smallest absolute Gasteiger partial charge is 0.318 e. The monoisotopic (exact) mass is 352 g/mol. The average molecular weight is 352 g/mol. The normalized spacial score (nSPS) is 15.2. The van der Waals surface area contributed by atoms with Crippen LogP contribution in [0.3, 0.4) is 0 Å². The molecule has 26 heavy (non-hydrogen) atoms. The van der Waals surface area contributed by atoms with Crippen LogP contribution in [0.25, 0.3) is 0 Å². The van der Waals surface area contributed by atoms with Crippen molar-refractivity contribution < 1.29 is 13.6 Å². The Balaban J connectivity index is 1.56. The summed E-state index contributed by atoms with van der Waals surface area (Å²) in [6.07, 6.45) is 4.27. The second-order valence-electron chi connectivity index (χ2n) is 6.31. The van der Waals surface area contributed by atoms with Gasteiger partial charge in [-0.25, -0.2) is 0 Å². The highest BCUT2D eigenvalue weighted by Gasteiger charge is 2.25. The molecule has 0 aliphatic carbocycles. The third-order valence-corrected chi connectivity index (χ3v) is 4.44. The van der Waals surface area contributed by atoms with Gasteiger partial charge >= 0.3 is 6.01 Å². The van der Waals surface area contributed by atoms with E-state index in [1.165, 1.54) is 6.26 Å². The van der Waals surface area contributed by atoms with Gasteiger partial charge in [-0.3, -0.25) is 4.79 Å². The summed E-state index contributed by atoms with van der Waals surface area (Å²) in [6, 6.07) is 13.3. The van der Waals surface area contributed by atoms with E-state index in [2.05, 4.69) is 20.4 Å². The molecule has 2 aromatic heterocycles. The van der Waals surface area contributed by atoms with Crippen molar-refractivity contribution in [3.8, 4) is 0 Å². The first-order valence-electron chi connectivity index (χ1n) is 8.76. The van der Waals surface area contributed by atoms with Crippen LogP contribution in [0.2, 0.25) is 0 Å². The van der Waals surface area contributed by atoms with Crippen LogP contribution < -0.4 is 10.2 Å². The fourth-order valence-electron chi connectivity index (χ4n) is 3.09. The number of furan rings is 1. The molecule has 3 aromatic rings. The lowest BCUT2D eigenvalue weighted by molar-refractivity contribution is 0.0902. The summed E-state index contributed by atoms with van der Waals surface area (Å²) in [4.78, 5) is 14.5. The Morgan fingerprint density at radius 3 is 2.65 bits per heavy atom. The molecule has 134 valence electrons. The lowest BCUT2D eigenvalue weighted by Crippen LogP contribution is -2.30. The number of carbonyl (C=O) groups excluding carboxylic acids is 1. The molecule has 1 aliphatic rings. The molecular weight excluding hydrogens is 332 g/mol. The van der Waals surface area contributed by atoms with Crippen molar-refractivity contribution in [2.24, 2.45) is 0 Å². The molecule has 1 aliphatic heterocycles. The Morgan fingerprint density at radius 1 is 1.12 bits per heavy atom. The van der Waals surface area contributed by atoms with Crippen LogP contribution >= 0.6 is 0 Å². The zero-order valence-corrected chi connectivity index (χ0v) is 14.3. The van der Waals surface area contributed by atoms with Crippen molar-refractivity contribution in [1.82, 2.24) is 15.5 Å². The van der Waals surface area contributed by atoms with Gasteiger partial charge in [0.2, 0.25) is 5.89 Å². The maximum absolute atomic E-state index is 12.4. The summed E-state index contributed by atoms with van der Waals surface area (Å²) in [7, 11) is 0. The number of hydrogen-bond donors (Lipinski definition) is 1. The van der Waals surface area contributed by atoms with Crippen LogP contribution in [0.4, 0.5) is 6.01 Å². The Bertz CT molecular complexity index is 839. The summed E-state index contributed by atoms with van der Waals surface area (Å²) in [6.45, 7) is 1.84. The predicted octanol–water partition coefficient (Wildman–Crippen LogP) is 2.98. The third-order valence-electron chi connectivity index (χ3n) is 4.44. The van der Waals surface area contributed by atoms with E-state index in [1.54, 1.807) is 12.1 Å². The highest BCUT2D eigenvalue weighted by Crippen LogP contribution is 2.24.